The van der Waals surface area contributed by atoms with E-state index in [1.165, 1.54) is 0 Å². The molecule has 0 aliphatic carbocycles. The Labute approximate surface area is 87.9 Å². The van der Waals surface area contributed by atoms with Gasteiger partial charge in [-0.1, -0.05) is 0 Å². The van der Waals surface area contributed by atoms with Crippen LogP contribution in [0.3, 0.4) is 0 Å². The third-order valence-corrected chi connectivity index (χ3v) is 3.30. The van der Waals surface area contributed by atoms with E-state index in [-0.39, 0.29) is 0 Å². The first kappa shape index (κ1) is 13.8. The minimum atomic E-state index is -3.98. The van der Waals surface area contributed by atoms with Crippen LogP contribution in [-0.4, -0.2) is 43.7 Å². The number of carboxylic acids is 1. The summed E-state index contributed by atoms with van der Waals surface area (Å²) in [6.45, 7) is 2.65. The average Bonchev–Trinajstić information content (AvgIpc) is 2.14. The van der Waals surface area contributed by atoms with Crippen LogP contribution in [0.1, 0.15) is 13.8 Å². The van der Waals surface area contributed by atoms with Crippen molar-refractivity contribution in [2.75, 3.05) is 13.1 Å². The second-order valence-electron chi connectivity index (χ2n) is 2.80. The number of amides is 1. The van der Waals surface area contributed by atoms with Gasteiger partial charge < -0.3 is 10.4 Å². The molecule has 0 bridgehead atoms. The van der Waals surface area contributed by atoms with Gasteiger partial charge in [-0.3, -0.25) is 9.59 Å². The van der Waals surface area contributed by atoms with E-state index in [1.807, 2.05) is 4.72 Å². The molecule has 0 spiro atoms. The number of aliphatic carboxylic acids is 1. The summed E-state index contributed by atoms with van der Waals surface area (Å²) in [5.74, 6) is -1.96. The van der Waals surface area contributed by atoms with Crippen LogP contribution in [0.15, 0.2) is 0 Å². The first-order chi connectivity index (χ1) is 6.81. The van der Waals surface area contributed by atoms with Crippen molar-refractivity contribution >= 4 is 21.9 Å². The van der Waals surface area contributed by atoms with Crippen molar-refractivity contribution in [1.82, 2.24) is 10.0 Å². The van der Waals surface area contributed by atoms with E-state index >= 15 is 0 Å². The molecule has 0 aliphatic heterocycles. The zero-order valence-corrected chi connectivity index (χ0v) is 9.30. The van der Waals surface area contributed by atoms with Gasteiger partial charge >= 0.3 is 5.97 Å². The standard InChI is InChI=1S/C7H14N2O5S/c1-3-8-6(10)4-9-15(13,14)5(2)7(11)12/h5,9H,3-4H2,1-2H3,(H,8,10)(H,11,12). The third-order valence-electron chi connectivity index (χ3n) is 1.62. The fourth-order valence-electron chi connectivity index (χ4n) is 0.684. The van der Waals surface area contributed by atoms with Gasteiger partial charge in [0.25, 0.3) is 0 Å². The third kappa shape index (κ3) is 4.75. The molecule has 1 unspecified atom stereocenters. The Morgan fingerprint density at radius 2 is 1.93 bits per heavy atom. The summed E-state index contributed by atoms with van der Waals surface area (Å²) in [7, 11) is -3.98. The molecule has 0 saturated heterocycles. The smallest absolute Gasteiger partial charge is 0.323 e. The topological polar surface area (TPSA) is 113 Å². The first-order valence-corrected chi connectivity index (χ1v) is 5.84. The highest BCUT2D eigenvalue weighted by Crippen LogP contribution is 1.97. The van der Waals surface area contributed by atoms with E-state index in [2.05, 4.69) is 5.32 Å². The molecule has 0 aromatic heterocycles. The highest BCUT2D eigenvalue weighted by atomic mass is 32.2. The number of hydrogen-bond donors (Lipinski definition) is 3. The molecule has 0 rings (SSSR count). The molecule has 3 N–H and O–H groups in total. The molecule has 0 heterocycles. The number of carboxylic acid groups (broad SMARTS) is 1. The van der Waals surface area contributed by atoms with Crippen LogP contribution in [0.25, 0.3) is 0 Å². The van der Waals surface area contributed by atoms with Crippen molar-refractivity contribution in [3.63, 3.8) is 0 Å². The van der Waals surface area contributed by atoms with Crippen LogP contribution in [0.4, 0.5) is 0 Å². The Morgan fingerprint density at radius 3 is 2.33 bits per heavy atom. The lowest BCUT2D eigenvalue weighted by molar-refractivity contribution is -0.136. The Bertz CT molecular complexity index is 337. The molecule has 0 aliphatic rings. The maximum absolute atomic E-state index is 11.2. The molecule has 0 aromatic carbocycles. The minimum absolute atomic E-state index is 0.384. The summed E-state index contributed by atoms with van der Waals surface area (Å²) in [5.41, 5.74) is 0. The van der Waals surface area contributed by atoms with Gasteiger partial charge in [0.2, 0.25) is 15.9 Å². The number of rotatable bonds is 6. The highest BCUT2D eigenvalue weighted by molar-refractivity contribution is 7.90. The van der Waals surface area contributed by atoms with Crippen LogP contribution in [0.5, 0.6) is 0 Å². The number of likely N-dealkylation sites (N-methyl/N-ethyl adjacent to an activating group) is 1. The monoisotopic (exact) mass is 238 g/mol. The van der Waals surface area contributed by atoms with E-state index in [0.29, 0.717) is 6.54 Å². The van der Waals surface area contributed by atoms with Gasteiger partial charge in [-0.15, -0.1) is 0 Å². The summed E-state index contributed by atoms with van der Waals surface area (Å²) >= 11 is 0. The average molecular weight is 238 g/mol. The summed E-state index contributed by atoms with van der Waals surface area (Å²) in [4.78, 5) is 21.3. The van der Waals surface area contributed by atoms with E-state index in [9.17, 15) is 18.0 Å². The van der Waals surface area contributed by atoms with Crippen molar-refractivity contribution in [3.05, 3.63) is 0 Å². The molecule has 0 aromatic rings. The second-order valence-corrected chi connectivity index (χ2v) is 4.89. The number of nitrogens with one attached hydrogen (secondary N) is 2. The second kappa shape index (κ2) is 5.66. The lowest BCUT2D eigenvalue weighted by Crippen LogP contribution is -2.42. The molecule has 8 heteroatoms. The van der Waals surface area contributed by atoms with Gasteiger partial charge in [-0.25, -0.2) is 13.1 Å². The van der Waals surface area contributed by atoms with Crippen LogP contribution in [0, 0.1) is 0 Å². The van der Waals surface area contributed by atoms with Gasteiger partial charge in [0.15, 0.2) is 5.25 Å². The molecule has 88 valence electrons. The van der Waals surface area contributed by atoms with Crippen molar-refractivity contribution in [3.8, 4) is 0 Å². The summed E-state index contributed by atoms with van der Waals surface area (Å²) in [5, 5.41) is 9.26. The van der Waals surface area contributed by atoms with Gasteiger partial charge in [0, 0.05) is 6.54 Å². The normalized spacial score (nSPS) is 13.2. The summed E-state index contributed by atoms with van der Waals surface area (Å²) < 4.78 is 24.3. The number of carbonyl (C=O) groups is 2. The fourth-order valence-corrected chi connectivity index (χ4v) is 1.53. The molecule has 0 saturated carbocycles. The molecule has 0 radical (unpaired) electrons. The van der Waals surface area contributed by atoms with Crippen molar-refractivity contribution in [2.24, 2.45) is 0 Å². The first-order valence-electron chi connectivity index (χ1n) is 4.29. The molecule has 7 nitrogen and oxygen atoms in total. The van der Waals surface area contributed by atoms with E-state index < -0.39 is 33.7 Å². The van der Waals surface area contributed by atoms with Gasteiger partial charge in [-0.2, -0.15) is 0 Å². The van der Waals surface area contributed by atoms with Crippen molar-refractivity contribution < 1.29 is 23.1 Å². The van der Waals surface area contributed by atoms with Crippen LogP contribution in [0.2, 0.25) is 0 Å². The predicted molar refractivity (Wildman–Crippen MR) is 52.7 cm³/mol. The van der Waals surface area contributed by atoms with E-state index in [1.54, 1.807) is 6.92 Å². The Morgan fingerprint density at radius 1 is 1.40 bits per heavy atom. The van der Waals surface area contributed by atoms with Crippen LogP contribution >= 0.6 is 0 Å². The molecule has 15 heavy (non-hydrogen) atoms. The van der Waals surface area contributed by atoms with E-state index in [0.717, 1.165) is 6.92 Å². The van der Waals surface area contributed by atoms with Gasteiger partial charge in [-0.05, 0) is 13.8 Å². The zero-order chi connectivity index (χ0) is 12.1. The molecular formula is C7H14N2O5S. The Balaban J connectivity index is 4.29. The zero-order valence-electron chi connectivity index (χ0n) is 8.48. The maximum Gasteiger partial charge on any atom is 0.323 e. The van der Waals surface area contributed by atoms with Crippen molar-refractivity contribution in [1.29, 1.82) is 0 Å². The molecule has 0 fully saturated rings. The van der Waals surface area contributed by atoms with Crippen molar-refractivity contribution in [2.45, 2.75) is 19.1 Å². The highest BCUT2D eigenvalue weighted by Gasteiger charge is 2.27. The number of sulfonamides is 1. The van der Waals surface area contributed by atoms with Crippen LogP contribution < -0.4 is 10.0 Å². The maximum atomic E-state index is 11.2. The Hall–Kier alpha value is -1.15. The van der Waals surface area contributed by atoms with Gasteiger partial charge in [0.05, 0.1) is 6.54 Å². The summed E-state index contributed by atoms with van der Waals surface area (Å²) in [6, 6.07) is 0. The number of carbonyl (C=O) groups excluding carboxylic acids is 1. The molecule has 1 amide bonds. The Kier molecular flexibility index (Phi) is 5.23. The van der Waals surface area contributed by atoms with Crippen LogP contribution in [-0.2, 0) is 19.6 Å². The number of hydrogen-bond acceptors (Lipinski definition) is 4. The lowest BCUT2D eigenvalue weighted by Gasteiger charge is -2.09. The van der Waals surface area contributed by atoms with E-state index in [4.69, 9.17) is 5.11 Å². The molecular weight excluding hydrogens is 224 g/mol. The summed E-state index contributed by atoms with van der Waals surface area (Å²) in [6.07, 6.45) is 0. The lowest BCUT2D eigenvalue weighted by atomic mass is 10.5. The minimum Gasteiger partial charge on any atom is -0.480 e. The fraction of sp³-hybridized carbons (Fsp3) is 0.714. The van der Waals surface area contributed by atoms with Gasteiger partial charge in [0.1, 0.15) is 0 Å². The SMILES string of the molecule is CCNC(=O)CNS(=O)(=O)C(C)C(=O)O. The molecule has 1 atom stereocenters. The quantitative estimate of drug-likeness (QED) is 0.522. The largest absolute Gasteiger partial charge is 0.480 e. The predicted octanol–water partition coefficient (Wildman–Crippen LogP) is -1.48.